The van der Waals surface area contributed by atoms with Gasteiger partial charge in [0.2, 0.25) is 5.88 Å². The molecule has 0 aliphatic rings. The number of aryl methyl sites for hydroxylation is 1. The Morgan fingerprint density at radius 2 is 1.89 bits per heavy atom. The molecule has 0 amide bonds. The third kappa shape index (κ3) is 7.62. The lowest BCUT2D eigenvalue weighted by atomic mass is 10.1. The third-order valence-electron chi connectivity index (χ3n) is 3.68. The Bertz CT molecular complexity index is 751. The van der Waals surface area contributed by atoms with E-state index in [0.717, 1.165) is 17.0 Å². The van der Waals surface area contributed by atoms with E-state index in [1.54, 1.807) is 14.2 Å². The SMILES string of the molecule is CN=C(NCc1cccc(OC)n1)NCc1ccc(C)cc1OC(C)C.I. The number of pyridine rings is 1. The lowest BCUT2D eigenvalue weighted by Gasteiger charge is -2.17. The highest BCUT2D eigenvalue weighted by atomic mass is 127. The molecule has 6 nitrogen and oxygen atoms in total. The van der Waals surface area contributed by atoms with Gasteiger partial charge in [0.15, 0.2) is 5.96 Å². The second-order valence-electron chi connectivity index (χ2n) is 6.23. The van der Waals surface area contributed by atoms with E-state index >= 15 is 0 Å². The maximum absolute atomic E-state index is 5.92. The van der Waals surface area contributed by atoms with Crippen molar-refractivity contribution in [3.05, 3.63) is 53.2 Å². The molecule has 2 rings (SSSR count). The monoisotopic (exact) mass is 484 g/mol. The van der Waals surface area contributed by atoms with Crippen molar-refractivity contribution in [3.8, 4) is 11.6 Å². The Kier molecular flexibility index (Phi) is 9.92. The fourth-order valence-corrected chi connectivity index (χ4v) is 2.42. The predicted octanol–water partition coefficient (Wildman–Crippen LogP) is 3.67. The number of methoxy groups -OCH3 is 1. The molecule has 0 spiro atoms. The minimum absolute atomic E-state index is 0. The van der Waals surface area contributed by atoms with Gasteiger partial charge in [-0.3, -0.25) is 4.99 Å². The van der Waals surface area contributed by atoms with E-state index in [-0.39, 0.29) is 30.1 Å². The van der Waals surface area contributed by atoms with Crippen LogP contribution in [0, 0.1) is 6.92 Å². The number of guanidine groups is 1. The minimum Gasteiger partial charge on any atom is -0.491 e. The van der Waals surface area contributed by atoms with Crippen molar-refractivity contribution in [2.45, 2.75) is 40.0 Å². The van der Waals surface area contributed by atoms with Crippen molar-refractivity contribution in [2.24, 2.45) is 4.99 Å². The largest absolute Gasteiger partial charge is 0.491 e. The highest BCUT2D eigenvalue weighted by Crippen LogP contribution is 2.21. The fourth-order valence-electron chi connectivity index (χ4n) is 2.42. The second-order valence-corrected chi connectivity index (χ2v) is 6.23. The number of hydrogen-bond acceptors (Lipinski definition) is 4. The highest BCUT2D eigenvalue weighted by molar-refractivity contribution is 14.0. The van der Waals surface area contributed by atoms with Crippen LogP contribution < -0.4 is 20.1 Å². The van der Waals surface area contributed by atoms with Crippen LogP contribution in [0.25, 0.3) is 0 Å². The number of nitrogens with one attached hydrogen (secondary N) is 2. The van der Waals surface area contributed by atoms with E-state index in [9.17, 15) is 0 Å². The summed E-state index contributed by atoms with van der Waals surface area (Å²) < 4.78 is 11.1. The van der Waals surface area contributed by atoms with E-state index < -0.39 is 0 Å². The summed E-state index contributed by atoms with van der Waals surface area (Å²) in [6.45, 7) is 7.29. The van der Waals surface area contributed by atoms with Gasteiger partial charge in [-0.25, -0.2) is 4.98 Å². The molecule has 1 aromatic carbocycles. The molecule has 27 heavy (non-hydrogen) atoms. The zero-order valence-electron chi connectivity index (χ0n) is 16.6. The van der Waals surface area contributed by atoms with E-state index in [1.807, 2.05) is 32.0 Å². The average molecular weight is 484 g/mol. The molecule has 0 atom stereocenters. The topological polar surface area (TPSA) is 67.8 Å². The van der Waals surface area contributed by atoms with Crippen LogP contribution in [0.3, 0.4) is 0 Å². The molecule has 2 aromatic rings. The van der Waals surface area contributed by atoms with Gasteiger partial charge < -0.3 is 20.1 Å². The Balaban J connectivity index is 0.00000364. The summed E-state index contributed by atoms with van der Waals surface area (Å²) in [7, 11) is 3.35. The number of ether oxygens (including phenoxy) is 2. The van der Waals surface area contributed by atoms with Crippen molar-refractivity contribution < 1.29 is 9.47 Å². The molecule has 0 saturated carbocycles. The first-order valence-corrected chi connectivity index (χ1v) is 8.72. The Labute approximate surface area is 178 Å². The molecule has 0 fully saturated rings. The molecular formula is C20H29IN4O2. The summed E-state index contributed by atoms with van der Waals surface area (Å²) in [5.41, 5.74) is 3.15. The molecule has 0 saturated heterocycles. The number of rotatable bonds is 7. The van der Waals surface area contributed by atoms with Gasteiger partial charge >= 0.3 is 0 Å². The van der Waals surface area contributed by atoms with E-state index in [2.05, 4.69) is 45.7 Å². The van der Waals surface area contributed by atoms with Crippen molar-refractivity contribution in [1.29, 1.82) is 0 Å². The summed E-state index contributed by atoms with van der Waals surface area (Å²) in [4.78, 5) is 8.65. The first-order chi connectivity index (χ1) is 12.5. The van der Waals surface area contributed by atoms with Crippen LogP contribution in [0.2, 0.25) is 0 Å². The summed E-state index contributed by atoms with van der Waals surface area (Å²) >= 11 is 0. The van der Waals surface area contributed by atoms with Crippen LogP contribution in [0.15, 0.2) is 41.4 Å². The molecule has 0 aliphatic carbocycles. The molecule has 2 N–H and O–H groups in total. The summed E-state index contributed by atoms with van der Waals surface area (Å²) in [5.74, 6) is 2.20. The third-order valence-corrected chi connectivity index (χ3v) is 3.68. The van der Waals surface area contributed by atoms with Gasteiger partial charge in [0.25, 0.3) is 0 Å². The number of hydrogen-bond donors (Lipinski definition) is 2. The van der Waals surface area contributed by atoms with Gasteiger partial charge in [-0.05, 0) is 38.5 Å². The summed E-state index contributed by atoms with van der Waals surface area (Å²) in [6.07, 6.45) is 0.132. The van der Waals surface area contributed by atoms with Gasteiger partial charge in [-0.2, -0.15) is 0 Å². The number of aromatic nitrogens is 1. The van der Waals surface area contributed by atoms with Gasteiger partial charge in [0.1, 0.15) is 5.75 Å². The Morgan fingerprint density at radius 3 is 2.56 bits per heavy atom. The zero-order valence-corrected chi connectivity index (χ0v) is 18.9. The number of benzene rings is 1. The van der Waals surface area contributed by atoms with Gasteiger partial charge in [0.05, 0.1) is 25.5 Å². The standard InChI is InChI=1S/C20H28N4O2.HI/c1-14(2)26-18-11-15(3)9-10-16(18)12-22-20(21-4)23-13-17-7-6-8-19(24-17)25-5;/h6-11,14H,12-13H2,1-5H3,(H2,21,22,23);1H. The van der Waals surface area contributed by atoms with Crippen LogP contribution in [0.5, 0.6) is 11.6 Å². The van der Waals surface area contributed by atoms with Crippen LogP contribution >= 0.6 is 24.0 Å². The molecule has 1 aromatic heterocycles. The zero-order chi connectivity index (χ0) is 18.9. The second kappa shape index (κ2) is 11.6. The molecule has 1 heterocycles. The van der Waals surface area contributed by atoms with E-state index in [4.69, 9.17) is 9.47 Å². The van der Waals surface area contributed by atoms with Crippen molar-refractivity contribution in [2.75, 3.05) is 14.2 Å². The predicted molar refractivity (Wildman–Crippen MR) is 120 cm³/mol. The number of halogens is 1. The molecule has 7 heteroatoms. The summed E-state index contributed by atoms with van der Waals surface area (Å²) in [5, 5.41) is 6.58. The van der Waals surface area contributed by atoms with Crippen molar-refractivity contribution in [3.63, 3.8) is 0 Å². The lowest BCUT2D eigenvalue weighted by molar-refractivity contribution is 0.239. The van der Waals surface area contributed by atoms with E-state index in [1.165, 1.54) is 5.56 Å². The highest BCUT2D eigenvalue weighted by Gasteiger charge is 2.08. The average Bonchev–Trinajstić information content (AvgIpc) is 2.63. The smallest absolute Gasteiger partial charge is 0.213 e. The van der Waals surface area contributed by atoms with Gasteiger partial charge in [-0.1, -0.05) is 18.2 Å². The van der Waals surface area contributed by atoms with Crippen LogP contribution in [0.1, 0.15) is 30.7 Å². The molecule has 0 bridgehead atoms. The maximum atomic E-state index is 5.92. The first-order valence-electron chi connectivity index (χ1n) is 8.72. The molecule has 0 unspecified atom stereocenters. The van der Waals surface area contributed by atoms with Crippen LogP contribution in [-0.2, 0) is 13.1 Å². The molecule has 148 valence electrons. The first kappa shape index (κ1) is 23.0. The summed E-state index contributed by atoms with van der Waals surface area (Å²) in [6, 6.07) is 11.9. The molecular weight excluding hydrogens is 455 g/mol. The Hall–Kier alpha value is -2.03. The quantitative estimate of drug-likeness (QED) is 0.357. The lowest BCUT2D eigenvalue weighted by Crippen LogP contribution is -2.36. The van der Waals surface area contributed by atoms with Gasteiger partial charge in [-0.15, -0.1) is 24.0 Å². The number of nitrogens with zero attached hydrogens (tertiary/aromatic N) is 2. The minimum atomic E-state index is 0. The molecule has 0 aliphatic heterocycles. The Morgan fingerprint density at radius 1 is 1.15 bits per heavy atom. The normalized spacial score (nSPS) is 11.0. The van der Waals surface area contributed by atoms with Crippen LogP contribution in [-0.4, -0.2) is 31.2 Å². The van der Waals surface area contributed by atoms with Crippen molar-refractivity contribution >= 4 is 29.9 Å². The van der Waals surface area contributed by atoms with Crippen LogP contribution in [0.4, 0.5) is 0 Å². The van der Waals surface area contributed by atoms with Crippen molar-refractivity contribution in [1.82, 2.24) is 15.6 Å². The number of aliphatic imine (C=N–C) groups is 1. The fraction of sp³-hybridized carbons (Fsp3) is 0.400. The molecule has 0 radical (unpaired) electrons. The maximum Gasteiger partial charge on any atom is 0.213 e. The van der Waals surface area contributed by atoms with E-state index in [0.29, 0.717) is 24.9 Å². The van der Waals surface area contributed by atoms with Gasteiger partial charge in [0, 0.05) is 25.2 Å².